The average Bonchev–Trinajstić information content (AvgIpc) is 2.43. The molecule has 0 heterocycles. The Hall–Kier alpha value is -2.47. The summed E-state index contributed by atoms with van der Waals surface area (Å²) in [6.07, 6.45) is -0.0514. The molecule has 0 saturated heterocycles. The molecule has 0 aliphatic rings. The van der Waals surface area contributed by atoms with Crippen molar-refractivity contribution >= 4 is 22.3 Å². The Morgan fingerprint density at radius 3 is 2.47 bits per heavy atom. The third kappa shape index (κ3) is 2.86. The van der Waals surface area contributed by atoms with Crippen molar-refractivity contribution in [3.63, 3.8) is 0 Å². The minimum Gasteiger partial charge on any atom is -0.299 e. The van der Waals surface area contributed by atoms with Gasteiger partial charge in [0, 0.05) is 12.0 Å². The number of hydrogen-bond acceptors (Lipinski definition) is 3. The quantitative estimate of drug-likeness (QED) is 0.784. The van der Waals surface area contributed by atoms with Gasteiger partial charge < -0.3 is 0 Å². The highest BCUT2D eigenvalue weighted by Crippen LogP contribution is 2.18. The normalized spacial score (nSPS) is 11.8. The molecule has 1 unspecified atom stereocenters. The SMILES string of the molecule is CC(=O)C(C#N)CC(=O)c1ccc2ccccc2c1. The first kappa shape index (κ1) is 13.0. The number of ketones is 2. The van der Waals surface area contributed by atoms with Crippen molar-refractivity contribution in [1.29, 1.82) is 5.26 Å². The lowest BCUT2D eigenvalue weighted by molar-refractivity contribution is -0.119. The predicted molar refractivity (Wildman–Crippen MR) is 72.7 cm³/mol. The summed E-state index contributed by atoms with van der Waals surface area (Å²) in [6.45, 7) is 1.33. The van der Waals surface area contributed by atoms with Crippen molar-refractivity contribution in [2.75, 3.05) is 0 Å². The predicted octanol–water partition coefficient (Wildman–Crippen LogP) is 3.14. The monoisotopic (exact) mass is 251 g/mol. The number of rotatable bonds is 4. The second-order valence-corrected chi connectivity index (χ2v) is 4.48. The molecular weight excluding hydrogens is 238 g/mol. The molecule has 2 aromatic carbocycles. The molecule has 0 spiro atoms. The fraction of sp³-hybridized carbons (Fsp3) is 0.188. The van der Waals surface area contributed by atoms with Crippen LogP contribution in [0.3, 0.4) is 0 Å². The maximum atomic E-state index is 12.1. The molecule has 0 aliphatic carbocycles. The van der Waals surface area contributed by atoms with Gasteiger partial charge in [0.25, 0.3) is 0 Å². The molecular formula is C16H13NO2. The van der Waals surface area contributed by atoms with E-state index in [1.165, 1.54) is 6.92 Å². The van der Waals surface area contributed by atoms with E-state index in [4.69, 9.17) is 5.26 Å². The number of nitriles is 1. The van der Waals surface area contributed by atoms with Gasteiger partial charge in [-0.3, -0.25) is 9.59 Å². The van der Waals surface area contributed by atoms with E-state index in [1.54, 1.807) is 12.1 Å². The molecule has 2 aromatic rings. The Morgan fingerprint density at radius 1 is 1.16 bits per heavy atom. The molecule has 94 valence electrons. The van der Waals surface area contributed by atoms with E-state index in [9.17, 15) is 9.59 Å². The van der Waals surface area contributed by atoms with Crippen LogP contribution in [-0.2, 0) is 4.79 Å². The van der Waals surface area contributed by atoms with Gasteiger partial charge in [0.05, 0.1) is 6.07 Å². The molecule has 0 radical (unpaired) electrons. The Balaban J connectivity index is 2.27. The van der Waals surface area contributed by atoms with E-state index in [1.807, 2.05) is 36.4 Å². The van der Waals surface area contributed by atoms with Gasteiger partial charge in [-0.05, 0) is 23.8 Å². The Labute approximate surface area is 111 Å². The maximum Gasteiger partial charge on any atom is 0.164 e. The number of Topliss-reactive ketones (excluding diaryl/α,β-unsaturated/α-hetero) is 2. The van der Waals surface area contributed by atoms with Crippen molar-refractivity contribution in [2.24, 2.45) is 5.92 Å². The highest BCUT2D eigenvalue weighted by atomic mass is 16.1. The molecule has 3 nitrogen and oxygen atoms in total. The Morgan fingerprint density at radius 2 is 1.84 bits per heavy atom. The van der Waals surface area contributed by atoms with E-state index in [2.05, 4.69) is 0 Å². The van der Waals surface area contributed by atoms with Crippen LogP contribution in [-0.4, -0.2) is 11.6 Å². The first-order chi connectivity index (χ1) is 9.11. The van der Waals surface area contributed by atoms with Gasteiger partial charge in [-0.2, -0.15) is 5.26 Å². The molecule has 0 bridgehead atoms. The van der Waals surface area contributed by atoms with Crippen molar-refractivity contribution in [1.82, 2.24) is 0 Å². The van der Waals surface area contributed by atoms with Crippen LogP contribution in [0.15, 0.2) is 42.5 Å². The summed E-state index contributed by atoms with van der Waals surface area (Å²) in [5.41, 5.74) is 0.542. The third-order valence-corrected chi connectivity index (χ3v) is 3.11. The Bertz CT molecular complexity index is 682. The number of carbonyl (C=O) groups is 2. The fourth-order valence-electron chi connectivity index (χ4n) is 1.95. The van der Waals surface area contributed by atoms with Crippen molar-refractivity contribution < 1.29 is 9.59 Å². The standard InChI is InChI=1S/C16H13NO2/c1-11(18)15(10-17)9-16(19)14-7-6-12-4-2-3-5-13(12)8-14/h2-8,15H,9H2,1H3. The average molecular weight is 251 g/mol. The molecule has 0 aromatic heterocycles. The molecule has 0 fully saturated rings. The highest BCUT2D eigenvalue weighted by molar-refractivity contribution is 6.02. The van der Waals surface area contributed by atoms with E-state index in [-0.39, 0.29) is 18.0 Å². The molecule has 2 rings (SSSR count). The van der Waals surface area contributed by atoms with Gasteiger partial charge in [0.1, 0.15) is 11.7 Å². The van der Waals surface area contributed by atoms with Crippen molar-refractivity contribution in [2.45, 2.75) is 13.3 Å². The molecule has 1 atom stereocenters. The van der Waals surface area contributed by atoms with E-state index < -0.39 is 5.92 Å². The van der Waals surface area contributed by atoms with Gasteiger partial charge >= 0.3 is 0 Å². The van der Waals surface area contributed by atoms with Crippen LogP contribution in [0.4, 0.5) is 0 Å². The summed E-state index contributed by atoms with van der Waals surface area (Å²) in [4.78, 5) is 23.2. The summed E-state index contributed by atoms with van der Waals surface area (Å²) in [6, 6.07) is 15.0. The Kier molecular flexibility index (Phi) is 3.72. The van der Waals surface area contributed by atoms with Crippen LogP contribution in [0, 0.1) is 17.2 Å². The smallest absolute Gasteiger partial charge is 0.164 e. The lowest BCUT2D eigenvalue weighted by atomic mass is 9.95. The molecule has 0 N–H and O–H groups in total. The van der Waals surface area contributed by atoms with Crippen LogP contribution in [0.5, 0.6) is 0 Å². The number of benzene rings is 2. The number of nitrogens with zero attached hydrogens (tertiary/aromatic N) is 1. The van der Waals surface area contributed by atoms with Gasteiger partial charge in [-0.25, -0.2) is 0 Å². The zero-order chi connectivity index (χ0) is 13.8. The summed E-state index contributed by atoms with van der Waals surface area (Å²) in [7, 11) is 0. The van der Waals surface area contributed by atoms with Gasteiger partial charge in [-0.15, -0.1) is 0 Å². The second-order valence-electron chi connectivity index (χ2n) is 4.48. The third-order valence-electron chi connectivity index (χ3n) is 3.11. The number of hydrogen-bond donors (Lipinski definition) is 0. The molecule has 0 amide bonds. The van der Waals surface area contributed by atoms with Gasteiger partial charge in [-0.1, -0.05) is 36.4 Å². The lowest BCUT2D eigenvalue weighted by Crippen LogP contribution is -2.14. The van der Waals surface area contributed by atoms with Crippen LogP contribution in [0.1, 0.15) is 23.7 Å². The molecule has 0 aliphatic heterocycles. The minimum atomic E-state index is -0.848. The number of fused-ring (bicyclic) bond motifs is 1. The first-order valence-electron chi connectivity index (χ1n) is 6.04. The number of carbonyl (C=O) groups excluding carboxylic acids is 2. The summed E-state index contributed by atoms with van der Waals surface area (Å²) >= 11 is 0. The second kappa shape index (κ2) is 5.45. The largest absolute Gasteiger partial charge is 0.299 e. The van der Waals surface area contributed by atoms with Crippen molar-refractivity contribution in [3.8, 4) is 6.07 Å². The summed E-state index contributed by atoms with van der Waals surface area (Å²) < 4.78 is 0. The zero-order valence-electron chi connectivity index (χ0n) is 10.6. The topological polar surface area (TPSA) is 57.9 Å². The van der Waals surface area contributed by atoms with Crippen LogP contribution >= 0.6 is 0 Å². The van der Waals surface area contributed by atoms with Crippen LogP contribution in [0.25, 0.3) is 10.8 Å². The van der Waals surface area contributed by atoms with E-state index in [0.717, 1.165) is 10.8 Å². The van der Waals surface area contributed by atoms with E-state index in [0.29, 0.717) is 5.56 Å². The lowest BCUT2D eigenvalue weighted by Gasteiger charge is -2.05. The molecule has 3 heteroatoms. The first-order valence-corrected chi connectivity index (χ1v) is 6.04. The highest BCUT2D eigenvalue weighted by Gasteiger charge is 2.18. The van der Waals surface area contributed by atoms with Crippen LogP contribution < -0.4 is 0 Å². The van der Waals surface area contributed by atoms with Crippen LogP contribution in [0.2, 0.25) is 0 Å². The van der Waals surface area contributed by atoms with Crippen molar-refractivity contribution in [3.05, 3.63) is 48.0 Å². The van der Waals surface area contributed by atoms with Gasteiger partial charge in [0.2, 0.25) is 0 Å². The molecule has 0 saturated carbocycles. The molecule has 19 heavy (non-hydrogen) atoms. The minimum absolute atomic E-state index is 0.0514. The summed E-state index contributed by atoms with van der Waals surface area (Å²) in [5, 5.41) is 10.9. The maximum absolute atomic E-state index is 12.1. The summed E-state index contributed by atoms with van der Waals surface area (Å²) in [5.74, 6) is -1.29. The van der Waals surface area contributed by atoms with E-state index >= 15 is 0 Å². The van der Waals surface area contributed by atoms with Gasteiger partial charge in [0.15, 0.2) is 5.78 Å². The zero-order valence-corrected chi connectivity index (χ0v) is 10.6. The fourth-order valence-corrected chi connectivity index (χ4v) is 1.95.